The van der Waals surface area contributed by atoms with Crippen molar-refractivity contribution in [1.29, 1.82) is 0 Å². The van der Waals surface area contributed by atoms with E-state index in [1.807, 2.05) is 6.26 Å². The Kier molecular flexibility index (Phi) is 5.80. The first-order chi connectivity index (χ1) is 7.94. The normalized spacial score (nSPS) is 22.1. The second-order valence-corrected chi connectivity index (χ2v) is 6.67. The summed E-state index contributed by atoms with van der Waals surface area (Å²) in [5.41, 5.74) is 6.19. The van der Waals surface area contributed by atoms with Crippen LogP contribution in [0.2, 0.25) is 0 Å². The molecule has 1 saturated carbocycles. The van der Waals surface area contributed by atoms with Crippen LogP contribution in [0, 0.1) is 5.41 Å². The molecule has 0 aliphatic heterocycles. The fourth-order valence-corrected chi connectivity index (χ4v) is 2.59. The van der Waals surface area contributed by atoms with Crippen LogP contribution in [-0.4, -0.2) is 30.1 Å². The van der Waals surface area contributed by atoms with Gasteiger partial charge in [-0.05, 0) is 49.5 Å². The van der Waals surface area contributed by atoms with Crippen LogP contribution >= 0.6 is 11.8 Å². The summed E-state index contributed by atoms with van der Waals surface area (Å²) < 4.78 is 5.47. The molecule has 1 aliphatic carbocycles. The average Bonchev–Trinajstić information content (AvgIpc) is 2.28. The Labute approximate surface area is 109 Å². The molecule has 0 radical (unpaired) electrons. The summed E-state index contributed by atoms with van der Waals surface area (Å²) in [6, 6.07) is -0.447. The number of hydrogen-bond acceptors (Lipinski definition) is 4. The molecule has 0 unspecified atom stereocenters. The molecule has 1 atom stereocenters. The van der Waals surface area contributed by atoms with Gasteiger partial charge in [0, 0.05) is 0 Å². The topological polar surface area (TPSA) is 52.3 Å². The van der Waals surface area contributed by atoms with Crippen LogP contribution in [0.5, 0.6) is 0 Å². The molecule has 100 valence electrons. The van der Waals surface area contributed by atoms with Crippen molar-refractivity contribution in [3.05, 3.63) is 0 Å². The standard InChI is InChI=1S/C13H25NO2S/c1-13(2)7-4-10(5-8-13)16-12(15)11(14)6-9-17-3/h10-11H,4-9,14H2,1-3H3/t11-/m0/s1. The van der Waals surface area contributed by atoms with Crippen molar-refractivity contribution in [2.45, 2.75) is 58.1 Å². The van der Waals surface area contributed by atoms with Gasteiger partial charge in [-0.2, -0.15) is 11.8 Å². The van der Waals surface area contributed by atoms with Crippen LogP contribution in [0.15, 0.2) is 0 Å². The minimum Gasteiger partial charge on any atom is -0.461 e. The van der Waals surface area contributed by atoms with Gasteiger partial charge < -0.3 is 10.5 Å². The Balaban J connectivity index is 2.27. The molecule has 0 heterocycles. The molecule has 0 spiro atoms. The summed E-state index contributed by atoms with van der Waals surface area (Å²) in [7, 11) is 0. The van der Waals surface area contributed by atoms with Crippen molar-refractivity contribution in [3.63, 3.8) is 0 Å². The van der Waals surface area contributed by atoms with E-state index >= 15 is 0 Å². The monoisotopic (exact) mass is 259 g/mol. The number of rotatable bonds is 5. The summed E-state index contributed by atoms with van der Waals surface area (Å²) in [5, 5.41) is 0. The number of carbonyl (C=O) groups excluding carboxylic acids is 1. The first-order valence-corrected chi connectivity index (χ1v) is 7.79. The smallest absolute Gasteiger partial charge is 0.323 e. The highest BCUT2D eigenvalue weighted by molar-refractivity contribution is 7.98. The second kappa shape index (κ2) is 6.64. The van der Waals surface area contributed by atoms with Crippen molar-refractivity contribution in [1.82, 2.24) is 0 Å². The fourth-order valence-electron chi connectivity index (χ4n) is 2.10. The predicted molar refractivity (Wildman–Crippen MR) is 73.1 cm³/mol. The van der Waals surface area contributed by atoms with E-state index in [1.165, 1.54) is 0 Å². The van der Waals surface area contributed by atoms with E-state index in [0.29, 0.717) is 11.8 Å². The van der Waals surface area contributed by atoms with Gasteiger partial charge in [0.05, 0.1) is 0 Å². The summed E-state index contributed by atoms with van der Waals surface area (Å²) in [5.74, 6) is 0.692. The number of nitrogens with two attached hydrogens (primary N) is 1. The molecule has 4 heteroatoms. The maximum atomic E-state index is 11.7. The maximum absolute atomic E-state index is 11.7. The highest BCUT2D eigenvalue weighted by atomic mass is 32.2. The second-order valence-electron chi connectivity index (χ2n) is 5.69. The quantitative estimate of drug-likeness (QED) is 0.771. The molecule has 1 fully saturated rings. The summed E-state index contributed by atoms with van der Waals surface area (Å²) >= 11 is 1.71. The van der Waals surface area contributed by atoms with Gasteiger partial charge in [-0.3, -0.25) is 4.79 Å². The van der Waals surface area contributed by atoms with Gasteiger partial charge in [-0.15, -0.1) is 0 Å². The molecule has 3 nitrogen and oxygen atoms in total. The lowest BCUT2D eigenvalue weighted by atomic mass is 9.76. The average molecular weight is 259 g/mol. The first kappa shape index (κ1) is 14.8. The third-order valence-corrected chi connectivity index (χ3v) is 4.15. The molecule has 0 aromatic carbocycles. The molecule has 2 N–H and O–H groups in total. The zero-order valence-corrected chi connectivity index (χ0v) is 12.0. The molecule has 0 aromatic rings. The van der Waals surface area contributed by atoms with E-state index in [0.717, 1.165) is 31.4 Å². The lowest BCUT2D eigenvalue weighted by molar-refractivity contribution is -0.153. The van der Waals surface area contributed by atoms with Crippen molar-refractivity contribution in [3.8, 4) is 0 Å². The number of esters is 1. The van der Waals surface area contributed by atoms with Gasteiger partial charge in [0.2, 0.25) is 0 Å². The highest BCUT2D eigenvalue weighted by Crippen LogP contribution is 2.36. The largest absolute Gasteiger partial charge is 0.461 e. The van der Waals surface area contributed by atoms with Crippen molar-refractivity contribution >= 4 is 17.7 Å². The molecule has 1 aliphatic rings. The van der Waals surface area contributed by atoms with Gasteiger partial charge >= 0.3 is 5.97 Å². The van der Waals surface area contributed by atoms with Crippen molar-refractivity contribution in [2.24, 2.45) is 11.1 Å². The summed E-state index contributed by atoms with van der Waals surface area (Å²) in [6.45, 7) is 4.55. The molecule has 17 heavy (non-hydrogen) atoms. The minimum atomic E-state index is -0.447. The first-order valence-electron chi connectivity index (χ1n) is 6.39. The number of ether oxygens (including phenoxy) is 1. The lowest BCUT2D eigenvalue weighted by Gasteiger charge is -2.34. The van der Waals surface area contributed by atoms with Gasteiger partial charge in [0.25, 0.3) is 0 Å². The Hall–Kier alpha value is -0.220. The Morgan fingerprint density at radius 3 is 2.59 bits per heavy atom. The third-order valence-electron chi connectivity index (χ3n) is 3.50. The Bertz CT molecular complexity index is 246. The van der Waals surface area contributed by atoms with E-state index in [1.54, 1.807) is 11.8 Å². The summed E-state index contributed by atoms with van der Waals surface area (Å²) in [6.07, 6.45) is 7.04. The minimum absolute atomic E-state index is 0.0934. The zero-order chi connectivity index (χ0) is 12.9. The van der Waals surface area contributed by atoms with Gasteiger partial charge in [0.15, 0.2) is 0 Å². The van der Waals surface area contributed by atoms with Crippen LogP contribution in [0.3, 0.4) is 0 Å². The van der Waals surface area contributed by atoms with E-state index in [-0.39, 0.29) is 12.1 Å². The fraction of sp³-hybridized carbons (Fsp3) is 0.923. The van der Waals surface area contributed by atoms with Crippen LogP contribution in [-0.2, 0) is 9.53 Å². The van der Waals surface area contributed by atoms with E-state index < -0.39 is 6.04 Å². The van der Waals surface area contributed by atoms with Crippen molar-refractivity contribution in [2.75, 3.05) is 12.0 Å². The van der Waals surface area contributed by atoms with Crippen LogP contribution < -0.4 is 5.73 Å². The number of hydrogen-bond donors (Lipinski definition) is 1. The van der Waals surface area contributed by atoms with E-state index in [4.69, 9.17) is 10.5 Å². The Morgan fingerprint density at radius 2 is 2.06 bits per heavy atom. The van der Waals surface area contributed by atoms with Crippen molar-refractivity contribution < 1.29 is 9.53 Å². The van der Waals surface area contributed by atoms with Gasteiger partial charge in [-0.1, -0.05) is 13.8 Å². The molecular formula is C13H25NO2S. The zero-order valence-electron chi connectivity index (χ0n) is 11.2. The van der Waals surface area contributed by atoms with E-state index in [9.17, 15) is 4.79 Å². The van der Waals surface area contributed by atoms with Gasteiger partial charge in [-0.25, -0.2) is 0 Å². The Morgan fingerprint density at radius 1 is 1.47 bits per heavy atom. The van der Waals surface area contributed by atoms with Crippen LogP contribution in [0.4, 0.5) is 0 Å². The summed E-state index contributed by atoms with van der Waals surface area (Å²) in [4.78, 5) is 11.7. The molecule has 0 aromatic heterocycles. The molecule has 0 saturated heterocycles. The van der Waals surface area contributed by atoms with Crippen LogP contribution in [0.25, 0.3) is 0 Å². The number of carbonyl (C=O) groups is 1. The lowest BCUT2D eigenvalue weighted by Crippen LogP contribution is -2.37. The molecule has 1 rings (SSSR count). The van der Waals surface area contributed by atoms with E-state index in [2.05, 4.69) is 13.8 Å². The molecular weight excluding hydrogens is 234 g/mol. The number of thioether (sulfide) groups is 1. The highest BCUT2D eigenvalue weighted by Gasteiger charge is 2.29. The molecule has 0 amide bonds. The molecule has 0 bridgehead atoms. The SMILES string of the molecule is CSCC[C@H](N)C(=O)OC1CCC(C)(C)CC1. The van der Waals surface area contributed by atoms with Crippen LogP contribution in [0.1, 0.15) is 46.0 Å². The maximum Gasteiger partial charge on any atom is 0.323 e. The van der Waals surface area contributed by atoms with Gasteiger partial charge in [0.1, 0.15) is 12.1 Å². The predicted octanol–water partition coefficient (Wildman–Crippen LogP) is 2.58. The third kappa shape index (κ3) is 5.30.